The van der Waals surface area contributed by atoms with Crippen LogP contribution in [0.15, 0.2) is 95.8 Å². The summed E-state index contributed by atoms with van der Waals surface area (Å²) >= 11 is 1.41. The minimum atomic E-state index is -4.53. The van der Waals surface area contributed by atoms with Gasteiger partial charge in [-0.25, -0.2) is 15.3 Å². The number of phenols is 2. The number of fused-ring (bicyclic) bond motifs is 1. The minimum absolute atomic E-state index is 0. The fourth-order valence-electron chi connectivity index (χ4n) is 4.44. The van der Waals surface area contributed by atoms with Crippen molar-refractivity contribution in [1.82, 2.24) is 9.78 Å². The first-order chi connectivity index (χ1) is 26.7. The van der Waals surface area contributed by atoms with Crippen molar-refractivity contribution in [3.05, 3.63) is 66.4 Å². The van der Waals surface area contributed by atoms with E-state index in [1.54, 1.807) is 0 Å². The molecule has 4 aromatic carbocycles. The summed E-state index contributed by atoms with van der Waals surface area (Å²) < 4.78 is 51.7. The van der Waals surface area contributed by atoms with Crippen molar-refractivity contribution in [2.24, 2.45) is 20.5 Å². The molecular formula is C29H22CuN6O17S4. The number of nitrogens with zero attached hydrogens (tertiary/aromatic N) is 6. The van der Waals surface area contributed by atoms with E-state index in [2.05, 4.69) is 44.3 Å². The topological polar surface area (TPSA) is 333 Å². The quantitative estimate of drug-likeness (QED) is 0.00941. The smallest absolute Gasteiger partial charge is 0.358 e. The predicted molar refractivity (Wildman–Crippen MR) is 190 cm³/mol. The van der Waals surface area contributed by atoms with Crippen molar-refractivity contribution in [2.75, 3.05) is 12.9 Å². The number of aromatic carboxylic acids is 1. The Hall–Kier alpha value is -5.07. The Morgan fingerprint density at radius 3 is 2.21 bits per heavy atom. The summed E-state index contributed by atoms with van der Waals surface area (Å²) in [6, 6.07) is 12.3. The molecule has 5 rings (SSSR count). The van der Waals surface area contributed by atoms with E-state index in [0.717, 1.165) is 35.0 Å². The van der Waals surface area contributed by atoms with Crippen molar-refractivity contribution in [1.29, 1.82) is 0 Å². The number of phenolic OH excluding ortho intramolecular Hbond substituents is 2. The first-order valence-corrected chi connectivity index (χ1v) is 18.4. The third kappa shape index (κ3) is 10.9. The molecule has 7 N–H and O–H groups in total. The number of benzene rings is 4. The van der Waals surface area contributed by atoms with Crippen molar-refractivity contribution in [3.63, 3.8) is 0 Å². The van der Waals surface area contributed by atoms with Crippen molar-refractivity contribution in [2.45, 2.75) is 14.7 Å². The summed E-state index contributed by atoms with van der Waals surface area (Å²) in [6.07, 6.45) is 0. The second-order valence-electron chi connectivity index (χ2n) is 10.2. The van der Waals surface area contributed by atoms with E-state index in [-0.39, 0.29) is 66.5 Å². The zero-order valence-corrected chi connectivity index (χ0v) is 32.0. The standard InChI is InChI=1S/C29H22N6O17S4.Cu/c1-47-20-10-18(19(36)11-21(20)54-48-23(37)12-53-51-49-42)31-32-24-22(55-52-50-43)8-13-2-3-14(9-17(13)27(24)38)30-33-25-26(29(40)41)34-35(28(25)39)15-4-6-16(7-5-15)56(44,45)46;/h2-11,36,38-39,42-43H,12H2,1H3,(H,40,41)(H,44,45,46);. The molecule has 0 unspecified atom stereocenters. The molecule has 1 heterocycles. The van der Waals surface area contributed by atoms with Gasteiger partial charge < -0.3 is 29.3 Å². The van der Waals surface area contributed by atoms with Gasteiger partial charge in [-0.1, -0.05) is 16.1 Å². The molecular weight excluding hydrogens is 896 g/mol. The average Bonchev–Trinajstić information content (AvgIpc) is 3.51. The number of carbonyl (C=O) groups excluding carboxylic acids is 1. The van der Waals surface area contributed by atoms with E-state index in [9.17, 15) is 43.0 Å². The molecule has 0 fully saturated rings. The Morgan fingerprint density at radius 2 is 1.56 bits per heavy atom. The summed E-state index contributed by atoms with van der Waals surface area (Å²) in [5.74, 6) is -4.43. The maximum Gasteiger partial charge on any atom is 0.358 e. The third-order valence-electron chi connectivity index (χ3n) is 6.87. The van der Waals surface area contributed by atoms with Gasteiger partial charge >= 0.3 is 11.9 Å². The molecule has 28 heteroatoms. The number of carbonyl (C=O) groups is 2. The van der Waals surface area contributed by atoms with E-state index in [1.807, 2.05) is 0 Å². The van der Waals surface area contributed by atoms with E-state index in [1.165, 1.54) is 37.4 Å². The molecule has 0 aliphatic rings. The van der Waals surface area contributed by atoms with Gasteiger partial charge in [-0.15, -0.1) is 24.0 Å². The number of hydrogen-bond donors (Lipinski definition) is 7. The van der Waals surface area contributed by atoms with E-state index < -0.39 is 55.7 Å². The van der Waals surface area contributed by atoms with Crippen molar-refractivity contribution in [3.8, 4) is 28.8 Å². The maximum absolute atomic E-state index is 12.0. The monoisotopic (exact) mass is 917 g/mol. The van der Waals surface area contributed by atoms with Crippen molar-refractivity contribution >= 4 is 91.7 Å². The van der Waals surface area contributed by atoms with E-state index in [4.69, 9.17) is 19.4 Å². The van der Waals surface area contributed by atoms with E-state index >= 15 is 0 Å². The predicted octanol–water partition coefficient (Wildman–Crippen LogP) is 6.97. The summed E-state index contributed by atoms with van der Waals surface area (Å²) in [5, 5.41) is 86.7. The number of aromatic nitrogens is 2. The van der Waals surface area contributed by atoms with Crippen LogP contribution in [0, 0.1) is 0 Å². The molecule has 23 nitrogen and oxygen atoms in total. The van der Waals surface area contributed by atoms with Crippen LogP contribution in [0.1, 0.15) is 10.5 Å². The Balaban J connectivity index is 0.00000720. The second kappa shape index (κ2) is 19.9. The number of hydrogen-bond acceptors (Lipinski definition) is 23. The van der Waals surface area contributed by atoms with Gasteiger partial charge in [-0.05, 0) is 47.9 Å². The number of carboxylic acids is 1. The summed E-state index contributed by atoms with van der Waals surface area (Å²) in [7, 11) is -3.25. The van der Waals surface area contributed by atoms with Gasteiger partial charge in [0.25, 0.3) is 10.1 Å². The van der Waals surface area contributed by atoms with Gasteiger partial charge in [0.05, 0.1) is 45.2 Å². The zero-order valence-electron chi connectivity index (χ0n) is 27.8. The van der Waals surface area contributed by atoms with Gasteiger partial charge in [0.1, 0.15) is 40.7 Å². The number of azo groups is 2. The molecule has 0 bridgehead atoms. The third-order valence-corrected chi connectivity index (χ3v) is 9.64. The Morgan fingerprint density at radius 1 is 0.860 bits per heavy atom. The van der Waals surface area contributed by atoms with Crippen LogP contribution >= 0.6 is 36.1 Å². The molecule has 0 aliphatic carbocycles. The normalized spacial score (nSPS) is 11.6. The van der Waals surface area contributed by atoms with Crippen LogP contribution in [-0.4, -0.2) is 78.5 Å². The van der Waals surface area contributed by atoms with Crippen molar-refractivity contribution < 1.29 is 98.2 Å². The number of aromatic hydroxyl groups is 3. The Bertz CT molecular complexity index is 2450. The van der Waals surface area contributed by atoms with Crippen LogP contribution in [0.4, 0.5) is 22.7 Å². The second-order valence-corrected chi connectivity index (χ2v) is 13.8. The molecule has 0 spiro atoms. The van der Waals surface area contributed by atoms with Gasteiger partial charge in [0.2, 0.25) is 11.6 Å². The molecule has 57 heavy (non-hydrogen) atoms. The van der Waals surface area contributed by atoms with Crippen LogP contribution in [-0.2, 0) is 54.9 Å². The zero-order chi connectivity index (χ0) is 40.6. The summed E-state index contributed by atoms with van der Waals surface area (Å²) in [6.45, 7) is 0. The largest absolute Gasteiger partial charge is 0.506 e. The number of rotatable bonds is 17. The molecule has 0 amide bonds. The molecule has 0 saturated heterocycles. The Kier molecular flexibility index (Phi) is 15.6. The Labute approximate surface area is 341 Å². The maximum atomic E-state index is 12.0. The first kappa shape index (κ1) is 44.6. The van der Waals surface area contributed by atoms with Gasteiger partial charge in [0.15, 0.2) is 11.4 Å². The summed E-state index contributed by atoms with van der Waals surface area (Å²) in [4.78, 5) is 23.5. The van der Waals surface area contributed by atoms with E-state index in [0.29, 0.717) is 41.5 Å². The SMILES string of the molecule is COc1cc(N=Nc2c(SOOO)cc3ccc(N=Nc4c(C(=O)O)nn(-c5ccc(S(=O)(=O)O)cc5)c4O)cc3c2O)c(O)cc1SOC(=O)CSOOO.[Cu]. The van der Waals surface area contributed by atoms with Gasteiger partial charge in [-0.3, -0.25) is 9.35 Å². The molecule has 0 saturated carbocycles. The fraction of sp³-hybridized carbons (Fsp3) is 0.0690. The minimum Gasteiger partial charge on any atom is -0.506 e. The average molecular weight is 918 g/mol. The molecule has 1 aromatic heterocycles. The molecule has 1 radical (unpaired) electrons. The molecule has 0 atom stereocenters. The first-order valence-electron chi connectivity index (χ1n) is 14.5. The van der Waals surface area contributed by atoms with Gasteiger partial charge in [0, 0.05) is 46.6 Å². The molecule has 305 valence electrons. The van der Waals surface area contributed by atoms with Gasteiger partial charge in [-0.2, -0.15) is 23.3 Å². The van der Waals surface area contributed by atoms with Crippen LogP contribution in [0.3, 0.4) is 0 Å². The van der Waals surface area contributed by atoms with Crippen LogP contribution in [0.2, 0.25) is 0 Å². The fourth-order valence-corrected chi connectivity index (χ4v) is 6.37. The number of carboxylic acid groups (broad SMARTS) is 1. The van der Waals surface area contributed by atoms with Crippen LogP contribution in [0.25, 0.3) is 16.5 Å². The molecule has 5 aromatic rings. The van der Waals surface area contributed by atoms with Crippen LogP contribution in [0.5, 0.6) is 23.1 Å². The number of ether oxygens (including phenoxy) is 1. The molecule has 0 aliphatic heterocycles. The van der Waals surface area contributed by atoms with Crippen LogP contribution < -0.4 is 4.74 Å². The summed E-state index contributed by atoms with van der Waals surface area (Å²) in [5.41, 5.74) is -1.71. The number of methoxy groups -OCH3 is 1.